The number of hydrogen-bond acceptors (Lipinski definition) is 2. The van der Waals surface area contributed by atoms with Gasteiger partial charge in [0.2, 0.25) is 0 Å². The number of likely N-dealkylation sites (tertiary alicyclic amines) is 1. The van der Waals surface area contributed by atoms with Gasteiger partial charge in [-0.05, 0) is 42.6 Å². The molecule has 3 aliphatic rings. The van der Waals surface area contributed by atoms with E-state index in [1.807, 2.05) is 0 Å². The van der Waals surface area contributed by atoms with Gasteiger partial charge in [-0.2, -0.15) is 0 Å². The van der Waals surface area contributed by atoms with Crippen LogP contribution in [0.1, 0.15) is 25.3 Å². The second kappa shape index (κ2) is 5.44. The summed E-state index contributed by atoms with van der Waals surface area (Å²) in [6, 6.07) is 11.5. The van der Waals surface area contributed by atoms with Gasteiger partial charge in [0.25, 0.3) is 0 Å². The van der Waals surface area contributed by atoms with Crippen LogP contribution in [0.25, 0.3) is 0 Å². The summed E-state index contributed by atoms with van der Waals surface area (Å²) in [6.45, 7) is 5.64. The molecule has 2 heteroatoms. The van der Waals surface area contributed by atoms with E-state index in [2.05, 4.69) is 66.3 Å². The Morgan fingerprint density at radius 1 is 1.14 bits per heavy atom. The maximum absolute atomic E-state index is 2.61. The van der Waals surface area contributed by atoms with Gasteiger partial charge in [-0.1, -0.05) is 42.0 Å². The van der Waals surface area contributed by atoms with Crippen LogP contribution in [0, 0.1) is 0 Å². The second-order valence-electron chi connectivity index (χ2n) is 6.86. The van der Waals surface area contributed by atoms with Crippen molar-refractivity contribution in [3.05, 3.63) is 70.5 Å². The summed E-state index contributed by atoms with van der Waals surface area (Å²) in [6.07, 6.45) is 7.00. The molecule has 0 aromatic heterocycles. The molecule has 0 amide bonds. The molecule has 0 bridgehead atoms. The van der Waals surface area contributed by atoms with Crippen LogP contribution < -0.4 is 0 Å². The molecule has 1 fully saturated rings. The minimum Gasteiger partial charge on any atom is -0.368 e. The van der Waals surface area contributed by atoms with E-state index >= 15 is 0 Å². The second-order valence-corrected chi connectivity index (χ2v) is 6.86. The number of piperidine rings is 1. The zero-order valence-corrected chi connectivity index (χ0v) is 13.5. The molecule has 2 heterocycles. The quantitative estimate of drug-likeness (QED) is 0.819. The molecule has 0 spiro atoms. The van der Waals surface area contributed by atoms with Crippen LogP contribution in [0.15, 0.2) is 64.9 Å². The van der Waals surface area contributed by atoms with Gasteiger partial charge < -0.3 is 4.90 Å². The van der Waals surface area contributed by atoms with E-state index in [-0.39, 0.29) is 0 Å². The van der Waals surface area contributed by atoms with E-state index in [0.717, 1.165) is 19.5 Å². The van der Waals surface area contributed by atoms with Crippen molar-refractivity contribution in [3.63, 3.8) is 0 Å². The van der Waals surface area contributed by atoms with Crippen molar-refractivity contribution in [2.24, 2.45) is 0 Å². The maximum atomic E-state index is 2.61. The highest BCUT2D eigenvalue weighted by Crippen LogP contribution is 2.41. The summed E-state index contributed by atoms with van der Waals surface area (Å²) in [7, 11) is 2.27. The first-order valence-electron chi connectivity index (χ1n) is 8.31. The number of nitrogens with zero attached hydrogens (tertiary/aromatic N) is 2. The largest absolute Gasteiger partial charge is 0.368 e. The van der Waals surface area contributed by atoms with Gasteiger partial charge in [0.05, 0.1) is 6.04 Å². The van der Waals surface area contributed by atoms with Gasteiger partial charge in [0.1, 0.15) is 0 Å². The van der Waals surface area contributed by atoms with E-state index in [0.29, 0.717) is 6.04 Å². The Hall–Kier alpha value is -1.80. The molecule has 4 rings (SSSR count). The summed E-state index contributed by atoms with van der Waals surface area (Å²) in [5, 5.41) is 0. The number of fused-ring (bicyclic) bond motifs is 2. The number of rotatable bonds is 2. The van der Waals surface area contributed by atoms with Gasteiger partial charge in [0, 0.05) is 32.4 Å². The van der Waals surface area contributed by atoms with Crippen molar-refractivity contribution < 1.29 is 0 Å². The van der Waals surface area contributed by atoms with Gasteiger partial charge in [-0.25, -0.2) is 0 Å². The van der Waals surface area contributed by atoms with E-state index in [4.69, 9.17) is 0 Å². The van der Waals surface area contributed by atoms with E-state index < -0.39 is 0 Å². The van der Waals surface area contributed by atoms with Crippen molar-refractivity contribution in [3.8, 4) is 0 Å². The van der Waals surface area contributed by atoms with Crippen molar-refractivity contribution in [1.29, 1.82) is 0 Å². The first kappa shape index (κ1) is 13.8. The summed E-state index contributed by atoms with van der Waals surface area (Å²) >= 11 is 0. The Kier molecular flexibility index (Phi) is 3.42. The Labute approximate surface area is 133 Å². The van der Waals surface area contributed by atoms with Gasteiger partial charge >= 0.3 is 0 Å². The Bertz CT molecular complexity index is 666. The lowest BCUT2D eigenvalue weighted by Gasteiger charge is -2.35. The molecule has 114 valence electrons. The first-order valence-corrected chi connectivity index (χ1v) is 8.31. The van der Waals surface area contributed by atoms with E-state index in [9.17, 15) is 0 Å². The molecular weight excluding hydrogens is 268 g/mol. The van der Waals surface area contributed by atoms with Gasteiger partial charge in [-0.3, -0.25) is 4.90 Å². The van der Waals surface area contributed by atoms with Crippen molar-refractivity contribution >= 4 is 0 Å². The number of hydrogen-bond donors (Lipinski definition) is 0. The first-order chi connectivity index (χ1) is 10.7. The molecule has 0 radical (unpaired) electrons. The smallest absolute Gasteiger partial charge is 0.0530 e. The Morgan fingerprint density at radius 3 is 2.77 bits per heavy atom. The molecule has 1 aromatic rings. The van der Waals surface area contributed by atoms with Crippen LogP contribution in [0.5, 0.6) is 0 Å². The van der Waals surface area contributed by atoms with Crippen LogP contribution in [-0.4, -0.2) is 36.0 Å². The standard InChI is InChI=1S/C20H24N2/c1-15-8-9-19-17(12-15)18-14-22(11-10-20(18)21(19)2)13-16-6-4-3-5-7-16/h3-9,20H,10-14H2,1-2H3. The molecule has 2 aliphatic heterocycles. The highest BCUT2D eigenvalue weighted by atomic mass is 15.2. The highest BCUT2D eigenvalue weighted by Gasteiger charge is 2.37. The third kappa shape index (κ3) is 2.32. The summed E-state index contributed by atoms with van der Waals surface area (Å²) in [5.41, 5.74) is 7.65. The molecule has 1 aliphatic carbocycles. The van der Waals surface area contributed by atoms with Crippen molar-refractivity contribution in [2.45, 2.75) is 32.4 Å². The molecular formula is C20H24N2. The summed E-state index contributed by atoms with van der Waals surface area (Å²) in [4.78, 5) is 5.12. The Morgan fingerprint density at radius 2 is 1.95 bits per heavy atom. The fraction of sp³-hybridized carbons (Fsp3) is 0.400. The fourth-order valence-electron chi connectivity index (χ4n) is 4.13. The van der Waals surface area contributed by atoms with Crippen molar-refractivity contribution in [2.75, 3.05) is 20.1 Å². The lowest BCUT2D eigenvalue weighted by molar-refractivity contribution is 0.205. The molecule has 1 unspecified atom stereocenters. The third-order valence-corrected chi connectivity index (χ3v) is 5.29. The summed E-state index contributed by atoms with van der Waals surface area (Å²) in [5.74, 6) is 0. The molecule has 1 aromatic carbocycles. The number of benzene rings is 1. The summed E-state index contributed by atoms with van der Waals surface area (Å²) < 4.78 is 0. The average Bonchev–Trinajstić information content (AvgIpc) is 2.81. The lowest BCUT2D eigenvalue weighted by Crippen LogP contribution is -2.41. The Balaban J connectivity index is 1.58. The molecule has 1 saturated heterocycles. The van der Waals surface area contributed by atoms with Crippen molar-refractivity contribution in [1.82, 2.24) is 9.80 Å². The molecule has 22 heavy (non-hydrogen) atoms. The third-order valence-electron chi connectivity index (χ3n) is 5.29. The minimum atomic E-state index is 0.632. The van der Waals surface area contributed by atoms with Crippen LogP contribution in [-0.2, 0) is 6.54 Å². The van der Waals surface area contributed by atoms with Gasteiger partial charge in [-0.15, -0.1) is 0 Å². The van der Waals surface area contributed by atoms with Crippen LogP contribution in [0.4, 0.5) is 0 Å². The molecule has 0 saturated carbocycles. The SMILES string of the molecule is CC1=CC=C2C(=C3CN(Cc4ccccc4)CCC3N2C)C1. The van der Waals surface area contributed by atoms with Crippen LogP contribution in [0.3, 0.4) is 0 Å². The van der Waals surface area contributed by atoms with Crippen LogP contribution >= 0.6 is 0 Å². The zero-order chi connectivity index (χ0) is 15.1. The molecule has 1 atom stereocenters. The predicted molar refractivity (Wildman–Crippen MR) is 91.4 cm³/mol. The number of allylic oxidation sites excluding steroid dienone is 4. The fourth-order valence-corrected chi connectivity index (χ4v) is 4.13. The van der Waals surface area contributed by atoms with E-state index in [1.54, 1.807) is 11.1 Å². The van der Waals surface area contributed by atoms with Crippen LogP contribution in [0.2, 0.25) is 0 Å². The molecule has 0 N–H and O–H groups in total. The highest BCUT2D eigenvalue weighted by molar-refractivity contribution is 5.51. The van der Waals surface area contributed by atoms with Gasteiger partial charge in [0.15, 0.2) is 0 Å². The van der Waals surface area contributed by atoms with E-state index in [1.165, 1.54) is 29.8 Å². The molecule has 2 nitrogen and oxygen atoms in total. The minimum absolute atomic E-state index is 0.632. The topological polar surface area (TPSA) is 6.48 Å². The zero-order valence-electron chi connectivity index (χ0n) is 13.5. The number of likely N-dealkylation sites (N-methyl/N-ethyl adjacent to an activating group) is 1. The normalized spacial score (nSPS) is 24.8. The lowest BCUT2D eigenvalue weighted by atomic mass is 9.91. The average molecular weight is 292 g/mol. The maximum Gasteiger partial charge on any atom is 0.0530 e. The predicted octanol–water partition coefficient (Wildman–Crippen LogP) is 3.74. The monoisotopic (exact) mass is 292 g/mol.